The number of hydrogen-bond acceptors (Lipinski definition) is 7. The van der Waals surface area contributed by atoms with E-state index < -0.39 is 5.97 Å². The van der Waals surface area contributed by atoms with Crippen LogP contribution in [0.2, 0.25) is 0 Å². The normalized spacial score (nSPS) is 16.8. The number of likely N-dealkylation sites (tertiary alicyclic amines) is 1. The lowest BCUT2D eigenvalue weighted by molar-refractivity contribution is 0.0393. The van der Waals surface area contributed by atoms with Crippen molar-refractivity contribution in [3.8, 4) is 0 Å². The van der Waals surface area contributed by atoms with Crippen molar-refractivity contribution in [3.63, 3.8) is 0 Å². The number of aromatic nitrogens is 2. The zero-order valence-electron chi connectivity index (χ0n) is 17.4. The molecule has 7 nitrogen and oxygen atoms in total. The molecule has 1 atom stereocenters. The van der Waals surface area contributed by atoms with Crippen molar-refractivity contribution in [3.05, 3.63) is 62.3 Å². The molecule has 0 radical (unpaired) electrons. The molecule has 9 heteroatoms. The predicted molar refractivity (Wildman–Crippen MR) is 116 cm³/mol. The Balaban J connectivity index is 1.58. The lowest BCUT2D eigenvalue weighted by Crippen LogP contribution is -2.25. The topological polar surface area (TPSA) is 84.5 Å². The van der Waals surface area contributed by atoms with Crippen LogP contribution in [0.3, 0.4) is 0 Å². The molecule has 1 fully saturated rings. The first kappa shape index (κ1) is 21.6. The number of aryl methyl sites for hydroxylation is 1. The largest absolute Gasteiger partial charge is 0.459 e. The summed E-state index contributed by atoms with van der Waals surface area (Å²) >= 11 is 1.17. The van der Waals surface area contributed by atoms with Gasteiger partial charge in [0, 0.05) is 13.2 Å². The van der Waals surface area contributed by atoms with Crippen LogP contribution in [0.1, 0.15) is 45.5 Å². The number of benzene rings is 1. The Morgan fingerprint density at radius 1 is 1.32 bits per heavy atom. The molecule has 0 amide bonds. The van der Waals surface area contributed by atoms with Gasteiger partial charge in [-0.25, -0.2) is 14.2 Å². The highest BCUT2D eigenvalue weighted by atomic mass is 32.1. The van der Waals surface area contributed by atoms with Crippen LogP contribution in [0.5, 0.6) is 0 Å². The minimum Gasteiger partial charge on any atom is -0.459 e. The fraction of sp³-hybridized carbons (Fsp3) is 0.409. The third kappa shape index (κ3) is 4.53. The maximum Gasteiger partial charge on any atom is 0.348 e. The maximum atomic E-state index is 13.3. The van der Waals surface area contributed by atoms with Gasteiger partial charge < -0.3 is 14.5 Å². The Hall–Kier alpha value is -2.62. The van der Waals surface area contributed by atoms with Gasteiger partial charge in [0.1, 0.15) is 28.0 Å². The fourth-order valence-corrected chi connectivity index (χ4v) is 5.11. The summed E-state index contributed by atoms with van der Waals surface area (Å²) in [5.41, 5.74) is 1.37. The zero-order chi connectivity index (χ0) is 22.0. The standard InChI is InChI=1S/C22H24FN3O4S/c1-13-18-20(27)24-17(25-21(18)31-19(13)22(28)30-11-10-29-2)12-26-9-3-4-16(26)14-5-7-15(23)8-6-14/h5-8,16H,3-4,9-12H2,1-2H3,(H,24,25,27). The lowest BCUT2D eigenvalue weighted by Gasteiger charge is -2.24. The van der Waals surface area contributed by atoms with Crippen LogP contribution < -0.4 is 5.56 Å². The third-order valence-corrected chi connectivity index (χ3v) is 6.69. The van der Waals surface area contributed by atoms with E-state index in [-0.39, 0.29) is 24.0 Å². The number of aromatic amines is 1. The first-order chi connectivity index (χ1) is 15.0. The number of H-pyrrole nitrogens is 1. The average Bonchev–Trinajstić information content (AvgIpc) is 3.33. The van der Waals surface area contributed by atoms with Crippen LogP contribution in [-0.2, 0) is 16.0 Å². The average molecular weight is 446 g/mol. The number of fused-ring (bicyclic) bond motifs is 1. The maximum absolute atomic E-state index is 13.3. The molecule has 1 aliphatic heterocycles. The van der Waals surface area contributed by atoms with Crippen LogP contribution >= 0.6 is 11.3 Å². The fourth-order valence-electron chi connectivity index (χ4n) is 4.01. The van der Waals surface area contributed by atoms with E-state index in [1.807, 2.05) is 12.1 Å². The van der Waals surface area contributed by atoms with E-state index in [9.17, 15) is 14.0 Å². The van der Waals surface area contributed by atoms with E-state index in [0.29, 0.717) is 39.6 Å². The van der Waals surface area contributed by atoms with Gasteiger partial charge in [-0.1, -0.05) is 12.1 Å². The quantitative estimate of drug-likeness (QED) is 0.442. The molecule has 2 aromatic heterocycles. The molecule has 1 aromatic carbocycles. The van der Waals surface area contributed by atoms with Crippen LogP contribution in [0, 0.1) is 12.7 Å². The summed E-state index contributed by atoms with van der Waals surface area (Å²) in [7, 11) is 1.53. The number of carbonyl (C=O) groups excluding carboxylic acids is 1. The van der Waals surface area contributed by atoms with E-state index in [4.69, 9.17) is 9.47 Å². The van der Waals surface area contributed by atoms with E-state index in [0.717, 1.165) is 24.9 Å². The predicted octanol–water partition coefficient (Wildman–Crippen LogP) is 3.57. The number of esters is 1. The van der Waals surface area contributed by atoms with E-state index in [2.05, 4.69) is 14.9 Å². The van der Waals surface area contributed by atoms with Gasteiger partial charge in [0.25, 0.3) is 5.56 Å². The molecular weight excluding hydrogens is 421 g/mol. The van der Waals surface area contributed by atoms with Crippen LogP contribution in [0.4, 0.5) is 4.39 Å². The molecule has 0 saturated carbocycles. The second-order valence-electron chi connectivity index (χ2n) is 7.56. The molecule has 1 aliphatic rings. The van der Waals surface area contributed by atoms with Crippen molar-refractivity contribution in [2.24, 2.45) is 0 Å². The van der Waals surface area contributed by atoms with Gasteiger partial charge in [0.2, 0.25) is 0 Å². The second kappa shape index (κ2) is 9.25. The highest BCUT2D eigenvalue weighted by molar-refractivity contribution is 7.20. The number of nitrogens with one attached hydrogen (secondary N) is 1. The molecule has 4 rings (SSSR count). The van der Waals surface area contributed by atoms with Crippen molar-refractivity contribution in [2.45, 2.75) is 32.4 Å². The first-order valence-corrected chi connectivity index (χ1v) is 11.0. The minimum absolute atomic E-state index is 0.151. The van der Waals surface area contributed by atoms with Crippen molar-refractivity contribution in [1.29, 1.82) is 0 Å². The molecule has 3 aromatic rings. The smallest absolute Gasteiger partial charge is 0.348 e. The number of carbonyl (C=O) groups is 1. The molecule has 1 saturated heterocycles. The summed E-state index contributed by atoms with van der Waals surface area (Å²) in [6.07, 6.45) is 1.98. The SMILES string of the molecule is COCCOC(=O)c1sc2nc(CN3CCCC3c3ccc(F)cc3)[nH]c(=O)c2c1C. The number of thiophene rings is 1. The Labute approximate surface area is 182 Å². The number of methoxy groups -OCH3 is 1. The number of rotatable bonds is 7. The van der Waals surface area contributed by atoms with Gasteiger partial charge >= 0.3 is 5.97 Å². The number of halogens is 1. The van der Waals surface area contributed by atoms with Gasteiger partial charge in [-0.2, -0.15) is 0 Å². The summed E-state index contributed by atoms with van der Waals surface area (Å²) in [6, 6.07) is 6.71. The molecule has 3 heterocycles. The molecule has 1 N–H and O–H groups in total. The van der Waals surface area contributed by atoms with Gasteiger partial charge in [-0.05, 0) is 49.6 Å². The number of nitrogens with zero attached hydrogens (tertiary/aromatic N) is 2. The van der Waals surface area contributed by atoms with Crippen molar-refractivity contribution in [1.82, 2.24) is 14.9 Å². The monoisotopic (exact) mass is 445 g/mol. The van der Waals surface area contributed by atoms with E-state index in [1.54, 1.807) is 6.92 Å². The third-order valence-electron chi connectivity index (χ3n) is 5.53. The highest BCUT2D eigenvalue weighted by Gasteiger charge is 2.27. The summed E-state index contributed by atoms with van der Waals surface area (Å²) in [5, 5.41) is 0.420. The van der Waals surface area contributed by atoms with Crippen molar-refractivity contribution >= 4 is 27.5 Å². The molecule has 0 spiro atoms. The van der Waals surface area contributed by atoms with Gasteiger partial charge in [0.05, 0.1) is 18.5 Å². The number of ether oxygens (including phenoxy) is 2. The molecule has 1 unspecified atom stereocenters. The van der Waals surface area contributed by atoms with Crippen LogP contribution in [0.25, 0.3) is 10.2 Å². The second-order valence-corrected chi connectivity index (χ2v) is 8.56. The van der Waals surface area contributed by atoms with Crippen molar-refractivity contribution in [2.75, 3.05) is 26.9 Å². The Morgan fingerprint density at radius 2 is 2.10 bits per heavy atom. The Morgan fingerprint density at radius 3 is 2.84 bits per heavy atom. The van der Waals surface area contributed by atoms with Crippen LogP contribution in [0.15, 0.2) is 29.1 Å². The minimum atomic E-state index is -0.477. The summed E-state index contributed by atoms with van der Waals surface area (Å²) in [5.74, 6) is -0.184. The Bertz CT molecular complexity index is 1140. The summed E-state index contributed by atoms with van der Waals surface area (Å²) < 4.78 is 23.4. The summed E-state index contributed by atoms with van der Waals surface area (Å²) in [6.45, 7) is 3.52. The lowest BCUT2D eigenvalue weighted by atomic mass is 10.0. The van der Waals surface area contributed by atoms with Gasteiger partial charge in [-0.15, -0.1) is 11.3 Å². The highest BCUT2D eigenvalue weighted by Crippen LogP contribution is 2.33. The van der Waals surface area contributed by atoms with Gasteiger partial charge in [-0.3, -0.25) is 9.69 Å². The number of hydrogen-bond donors (Lipinski definition) is 1. The van der Waals surface area contributed by atoms with E-state index in [1.165, 1.54) is 30.6 Å². The first-order valence-electron chi connectivity index (χ1n) is 10.2. The van der Waals surface area contributed by atoms with E-state index >= 15 is 0 Å². The molecule has 164 valence electrons. The molecule has 0 aliphatic carbocycles. The summed E-state index contributed by atoms with van der Waals surface area (Å²) in [4.78, 5) is 35.8. The zero-order valence-corrected chi connectivity index (χ0v) is 18.3. The molecular formula is C22H24FN3O4S. The Kier molecular flexibility index (Phi) is 6.45. The van der Waals surface area contributed by atoms with Crippen molar-refractivity contribution < 1.29 is 18.7 Å². The molecule has 31 heavy (non-hydrogen) atoms. The van der Waals surface area contributed by atoms with Crippen LogP contribution in [-0.4, -0.2) is 47.7 Å². The van der Waals surface area contributed by atoms with Gasteiger partial charge in [0.15, 0.2) is 0 Å². The molecule has 0 bridgehead atoms.